The van der Waals surface area contributed by atoms with Crippen LogP contribution in [-0.2, 0) is 9.59 Å². The highest BCUT2D eigenvalue weighted by molar-refractivity contribution is 8.15. The van der Waals surface area contributed by atoms with Gasteiger partial charge in [0.1, 0.15) is 5.25 Å². The number of thioether (sulfide) groups is 1. The molecule has 2 amide bonds. The highest BCUT2D eigenvalue weighted by Crippen LogP contribution is 2.24. The number of pyridine rings is 1. The van der Waals surface area contributed by atoms with E-state index in [1.54, 1.807) is 12.3 Å². The van der Waals surface area contributed by atoms with Crippen LogP contribution in [0, 0.1) is 0 Å². The van der Waals surface area contributed by atoms with Crippen molar-refractivity contribution < 1.29 is 9.59 Å². The standard InChI is InChI=1S/C21H22N6O2S/c28-19(24-15-6-8-17(9-7-15)27-11-3-4-12-27)13-18-20(29)25-21(30-18)26-23-14-16-5-1-2-10-22-16/h1-2,5-10,14,18H,3-4,11-13H2,(H,24,28)(H,25,26,29)/b23-14+. The molecule has 154 valence electrons. The monoisotopic (exact) mass is 422 g/mol. The first-order chi connectivity index (χ1) is 14.7. The lowest BCUT2D eigenvalue weighted by atomic mass is 10.2. The molecule has 1 unspecified atom stereocenters. The maximum atomic E-state index is 12.4. The highest BCUT2D eigenvalue weighted by atomic mass is 32.2. The molecule has 0 bridgehead atoms. The Balaban J connectivity index is 1.28. The molecule has 9 heteroatoms. The molecule has 2 saturated heterocycles. The van der Waals surface area contributed by atoms with Crippen LogP contribution in [0.25, 0.3) is 0 Å². The average molecular weight is 423 g/mol. The van der Waals surface area contributed by atoms with E-state index in [2.05, 4.69) is 30.7 Å². The van der Waals surface area contributed by atoms with Crippen LogP contribution in [-0.4, -0.2) is 46.5 Å². The van der Waals surface area contributed by atoms with Gasteiger partial charge in [-0.05, 0) is 49.2 Å². The number of benzene rings is 1. The SMILES string of the molecule is O=C(CC1S/C(=N/N=C/c2ccccn2)NC1=O)Nc1ccc(N2CCCC2)cc1. The third-order valence-corrected chi connectivity index (χ3v) is 5.87. The molecule has 2 fully saturated rings. The van der Waals surface area contributed by atoms with Crippen LogP contribution >= 0.6 is 11.8 Å². The molecule has 1 atom stereocenters. The average Bonchev–Trinajstić information content (AvgIpc) is 3.40. The fourth-order valence-electron chi connectivity index (χ4n) is 3.29. The van der Waals surface area contributed by atoms with Crippen LogP contribution in [0.1, 0.15) is 25.0 Å². The van der Waals surface area contributed by atoms with Gasteiger partial charge in [-0.2, -0.15) is 5.10 Å². The Morgan fingerprint density at radius 1 is 1.23 bits per heavy atom. The van der Waals surface area contributed by atoms with Gasteiger partial charge < -0.3 is 15.5 Å². The molecule has 2 N–H and O–H groups in total. The van der Waals surface area contributed by atoms with Crippen LogP contribution < -0.4 is 15.5 Å². The van der Waals surface area contributed by atoms with Crippen LogP contribution in [0.2, 0.25) is 0 Å². The summed E-state index contributed by atoms with van der Waals surface area (Å²) in [5.41, 5.74) is 2.56. The molecule has 2 aromatic rings. The summed E-state index contributed by atoms with van der Waals surface area (Å²) in [6.07, 6.45) is 5.67. The number of hydrogen-bond donors (Lipinski definition) is 2. The van der Waals surface area contributed by atoms with Gasteiger partial charge in [-0.25, -0.2) is 0 Å². The minimum atomic E-state index is -0.530. The number of rotatable bonds is 6. The fourth-order valence-corrected chi connectivity index (χ4v) is 4.21. The minimum absolute atomic E-state index is 0.0628. The van der Waals surface area contributed by atoms with Crippen LogP contribution in [0.4, 0.5) is 11.4 Å². The van der Waals surface area contributed by atoms with Gasteiger partial charge in [-0.3, -0.25) is 14.6 Å². The third kappa shape index (κ3) is 5.24. The second-order valence-electron chi connectivity index (χ2n) is 6.99. The molecule has 0 aliphatic carbocycles. The van der Waals surface area contributed by atoms with Gasteiger partial charge in [-0.1, -0.05) is 17.8 Å². The summed E-state index contributed by atoms with van der Waals surface area (Å²) in [5, 5.41) is 13.3. The van der Waals surface area contributed by atoms with Gasteiger partial charge in [0, 0.05) is 37.1 Å². The maximum absolute atomic E-state index is 12.4. The quantitative estimate of drug-likeness (QED) is 0.551. The number of aromatic nitrogens is 1. The number of amidine groups is 1. The van der Waals surface area contributed by atoms with Crippen LogP contribution in [0.3, 0.4) is 0 Å². The predicted molar refractivity (Wildman–Crippen MR) is 120 cm³/mol. The van der Waals surface area contributed by atoms with E-state index < -0.39 is 5.25 Å². The number of hydrogen-bond acceptors (Lipinski definition) is 7. The number of carbonyl (C=O) groups excluding carboxylic acids is 2. The largest absolute Gasteiger partial charge is 0.372 e. The molecular formula is C21H22N6O2S. The smallest absolute Gasteiger partial charge is 0.240 e. The van der Waals surface area contributed by atoms with Gasteiger partial charge in [0.15, 0.2) is 5.17 Å². The summed E-state index contributed by atoms with van der Waals surface area (Å²) < 4.78 is 0. The zero-order valence-electron chi connectivity index (χ0n) is 16.3. The van der Waals surface area contributed by atoms with Crippen LogP contribution in [0.5, 0.6) is 0 Å². The summed E-state index contributed by atoms with van der Waals surface area (Å²) in [4.78, 5) is 31.0. The van der Waals surface area contributed by atoms with Crippen LogP contribution in [0.15, 0.2) is 58.9 Å². The van der Waals surface area contributed by atoms with E-state index in [0.29, 0.717) is 10.9 Å². The number of carbonyl (C=O) groups is 2. The van der Waals surface area contributed by atoms with Crippen molar-refractivity contribution in [3.63, 3.8) is 0 Å². The lowest BCUT2D eigenvalue weighted by molar-refractivity contribution is -0.122. The number of anilines is 2. The maximum Gasteiger partial charge on any atom is 0.240 e. The van der Waals surface area contributed by atoms with Crippen molar-refractivity contribution in [1.29, 1.82) is 0 Å². The van der Waals surface area contributed by atoms with E-state index in [1.807, 2.05) is 36.4 Å². The van der Waals surface area contributed by atoms with Gasteiger partial charge in [-0.15, -0.1) is 5.10 Å². The summed E-state index contributed by atoms with van der Waals surface area (Å²) in [6.45, 7) is 2.16. The summed E-state index contributed by atoms with van der Waals surface area (Å²) >= 11 is 1.20. The molecule has 1 aromatic heterocycles. The second-order valence-corrected chi connectivity index (χ2v) is 8.18. The Bertz CT molecular complexity index is 955. The Morgan fingerprint density at radius 2 is 2.03 bits per heavy atom. The first-order valence-electron chi connectivity index (χ1n) is 9.82. The molecular weight excluding hydrogens is 400 g/mol. The lowest BCUT2D eigenvalue weighted by Crippen LogP contribution is -2.28. The normalized spacial score (nSPS) is 20.1. The van der Waals surface area contributed by atoms with E-state index in [1.165, 1.54) is 36.5 Å². The van der Waals surface area contributed by atoms with E-state index in [0.717, 1.165) is 18.8 Å². The Kier molecular flexibility index (Phi) is 6.38. The Morgan fingerprint density at radius 3 is 2.77 bits per heavy atom. The molecule has 2 aliphatic heterocycles. The second kappa shape index (κ2) is 9.53. The van der Waals surface area contributed by atoms with E-state index >= 15 is 0 Å². The van der Waals surface area contributed by atoms with Crippen molar-refractivity contribution in [2.45, 2.75) is 24.5 Å². The topological polar surface area (TPSA) is 99.0 Å². The molecule has 4 rings (SSSR count). The zero-order chi connectivity index (χ0) is 20.8. The highest BCUT2D eigenvalue weighted by Gasteiger charge is 2.32. The Hall–Kier alpha value is -3.20. The van der Waals surface area contributed by atoms with E-state index in [-0.39, 0.29) is 18.2 Å². The van der Waals surface area contributed by atoms with Crippen molar-refractivity contribution in [3.05, 3.63) is 54.4 Å². The predicted octanol–water partition coefficient (Wildman–Crippen LogP) is 2.63. The molecule has 0 saturated carbocycles. The first kappa shape index (κ1) is 20.1. The van der Waals surface area contributed by atoms with Gasteiger partial charge >= 0.3 is 0 Å². The molecule has 2 aliphatic rings. The van der Waals surface area contributed by atoms with Gasteiger partial charge in [0.2, 0.25) is 11.8 Å². The summed E-state index contributed by atoms with van der Waals surface area (Å²) in [7, 11) is 0. The van der Waals surface area contributed by atoms with Crippen molar-refractivity contribution in [3.8, 4) is 0 Å². The number of amides is 2. The van der Waals surface area contributed by atoms with E-state index in [4.69, 9.17) is 0 Å². The summed E-state index contributed by atoms with van der Waals surface area (Å²) in [6, 6.07) is 13.3. The third-order valence-electron chi connectivity index (χ3n) is 4.80. The summed E-state index contributed by atoms with van der Waals surface area (Å²) in [5.74, 6) is -0.457. The molecule has 0 spiro atoms. The van der Waals surface area contributed by atoms with Gasteiger partial charge in [0.25, 0.3) is 0 Å². The van der Waals surface area contributed by atoms with Crippen molar-refractivity contribution in [2.75, 3.05) is 23.3 Å². The van der Waals surface area contributed by atoms with Gasteiger partial charge in [0.05, 0.1) is 11.9 Å². The van der Waals surface area contributed by atoms with Crippen molar-refractivity contribution in [2.24, 2.45) is 10.2 Å². The molecule has 1 aromatic carbocycles. The minimum Gasteiger partial charge on any atom is -0.372 e. The lowest BCUT2D eigenvalue weighted by Gasteiger charge is -2.17. The molecule has 8 nitrogen and oxygen atoms in total. The molecule has 3 heterocycles. The zero-order valence-corrected chi connectivity index (χ0v) is 17.1. The Labute approximate surface area is 178 Å². The molecule has 0 radical (unpaired) electrons. The van der Waals surface area contributed by atoms with Crippen molar-refractivity contribution in [1.82, 2.24) is 10.3 Å². The number of nitrogens with zero attached hydrogens (tertiary/aromatic N) is 4. The van der Waals surface area contributed by atoms with E-state index in [9.17, 15) is 9.59 Å². The number of nitrogens with one attached hydrogen (secondary N) is 2. The first-order valence-corrected chi connectivity index (χ1v) is 10.7. The fraction of sp³-hybridized carbons (Fsp3) is 0.286. The molecule has 30 heavy (non-hydrogen) atoms. The van der Waals surface area contributed by atoms with Crippen molar-refractivity contribution >= 4 is 46.3 Å².